The lowest BCUT2D eigenvalue weighted by molar-refractivity contribution is -0.115. The van der Waals surface area contributed by atoms with E-state index in [9.17, 15) is 9.59 Å². The zero-order valence-electron chi connectivity index (χ0n) is 9.00. The molecule has 1 aromatic carbocycles. The lowest BCUT2D eigenvalue weighted by Gasteiger charge is -2.16. The van der Waals surface area contributed by atoms with Crippen LogP contribution < -0.4 is 10.2 Å². The van der Waals surface area contributed by atoms with E-state index < -0.39 is 0 Å². The van der Waals surface area contributed by atoms with Gasteiger partial charge in [-0.25, -0.2) is 9.69 Å². The van der Waals surface area contributed by atoms with E-state index >= 15 is 0 Å². The second-order valence-electron chi connectivity index (χ2n) is 3.78. The molecule has 5 heteroatoms. The molecule has 16 heavy (non-hydrogen) atoms. The van der Waals surface area contributed by atoms with Crippen molar-refractivity contribution >= 4 is 40.2 Å². The zero-order chi connectivity index (χ0) is 11.9. The van der Waals surface area contributed by atoms with Gasteiger partial charge in [0.05, 0.1) is 12.2 Å². The molecule has 0 saturated carbocycles. The van der Waals surface area contributed by atoms with Crippen molar-refractivity contribution in [1.82, 2.24) is 5.32 Å². The standard InChI is InChI=1S/C11H11IN2O2/c1-6-4-9(7(2)3-8(6)12)14-10(15)5-13-11(14)16/h3-4H,5H2,1-2H3,(H,13,16). The summed E-state index contributed by atoms with van der Waals surface area (Å²) >= 11 is 2.24. The van der Waals surface area contributed by atoms with Crippen LogP contribution in [0.4, 0.5) is 10.5 Å². The summed E-state index contributed by atoms with van der Waals surface area (Å²) in [5, 5.41) is 2.51. The third-order valence-electron chi connectivity index (χ3n) is 2.56. The van der Waals surface area contributed by atoms with Gasteiger partial charge in [0.25, 0.3) is 5.91 Å². The molecule has 0 unspecified atom stereocenters. The molecule has 0 aromatic heterocycles. The maximum Gasteiger partial charge on any atom is 0.329 e. The Kier molecular flexibility index (Phi) is 2.88. The fourth-order valence-corrected chi connectivity index (χ4v) is 2.30. The number of carbonyl (C=O) groups excluding carboxylic acids is 2. The minimum absolute atomic E-state index is 0.0866. The monoisotopic (exact) mass is 330 g/mol. The first-order valence-electron chi connectivity index (χ1n) is 4.88. The lowest BCUT2D eigenvalue weighted by atomic mass is 10.1. The molecular formula is C11H11IN2O2. The Balaban J connectivity index is 2.51. The molecule has 0 radical (unpaired) electrons. The molecule has 0 atom stereocenters. The first-order chi connectivity index (χ1) is 7.50. The van der Waals surface area contributed by atoms with E-state index in [4.69, 9.17) is 0 Å². The molecule has 1 heterocycles. The van der Waals surface area contributed by atoms with Crippen molar-refractivity contribution in [3.63, 3.8) is 0 Å². The Morgan fingerprint density at radius 1 is 1.25 bits per heavy atom. The van der Waals surface area contributed by atoms with Gasteiger partial charge in [-0.2, -0.15) is 0 Å². The SMILES string of the molecule is Cc1cc(N2C(=O)CNC2=O)c(C)cc1I. The largest absolute Gasteiger partial charge is 0.329 e. The van der Waals surface area contributed by atoms with Crippen LogP contribution in [0, 0.1) is 17.4 Å². The molecule has 1 fully saturated rings. The predicted molar refractivity (Wildman–Crippen MR) is 69.5 cm³/mol. The number of hydrogen-bond acceptors (Lipinski definition) is 2. The van der Waals surface area contributed by atoms with E-state index in [1.807, 2.05) is 26.0 Å². The number of nitrogens with zero attached hydrogens (tertiary/aromatic N) is 1. The highest BCUT2D eigenvalue weighted by atomic mass is 127. The minimum Gasteiger partial charge on any atom is -0.328 e. The minimum atomic E-state index is -0.339. The van der Waals surface area contributed by atoms with Crippen LogP contribution in [0.1, 0.15) is 11.1 Å². The van der Waals surface area contributed by atoms with Gasteiger partial charge in [-0.3, -0.25) is 4.79 Å². The maximum atomic E-state index is 11.6. The molecule has 2 rings (SSSR count). The summed E-state index contributed by atoms with van der Waals surface area (Å²) < 4.78 is 1.13. The number of imide groups is 1. The number of nitrogens with one attached hydrogen (secondary N) is 1. The van der Waals surface area contributed by atoms with Crippen molar-refractivity contribution < 1.29 is 9.59 Å². The number of halogens is 1. The van der Waals surface area contributed by atoms with E-state index in [0.717, 1.165) is 14.7 Å². The third kappa shape index (κ3) is 1.79. The number of amides is 3. The highest BCUT2D eigenvalue weighted by molar-refractivity contribution is 14.1. The molecule has 1 N–H and O–H groups in total. The van der Waals surface area contributed by atoms with Crippen molar-refractivity contribution in [2.75, 3.05) is 11.4 Å². The van der Waals surface area contributed by atoms with Gasteiger partial charge in [0.1, 0.15) is 0 Å². The second-order valence-corrected chi connectivity index (χ2v) is 4.94. The third-order valence-corrected chi connectivity index (χ3v) is 3.72. The van der Waals surface area contributed by atoms with Gasteiger partial charge in [0, 0.05) is 3.57 Å². The van der Waals surface area contributed by atoms with Crippen molar-refractivity contribution in [3.8, 4) is 0 Å². The summed E-state index contributed by atoms with van der Waals surface area (Å²) in [7, 11) is 0. The number of carbonyl (C=O) groups is 2. The van der Waals surface area contributed by atoms with Crippen molar-refractivity contribution in [3.05, 3.63) is 26.8 Å². The van der Waals surface area contributed by atoms with Gasteiger partial charge >= 0.3 is 6.03 Å². The second kappa shape index (κ2) is 4.04. The van der Waals surface area contributed by atoms with Crippen LogP contribution in [0.25, 0.3) is 0 Å². The van der Waals surface area contributed by atoms with Gasteiger partial charge < -0.3 is 5.32 Å². The van der Waals surface area contributed by atoms with E-state index in [1.54, 1.807) is 0 Å². The molecule has 0 aliphatic carbocycles. The Labute approximate surface area is 107 Å². The molecule has 0 bridgehead atoms. The van der Waals surface area contributed by atoms with Gasteiger partial charge in [-0.05, 0) is 59.7 Å². The number of rotatable bonds is 1. The molecular weight excluding hydrogens is 319 g/mol. The summed E-state index contributed by atoms with van der Waals surface area (Å²) in [4.78, 5) is 24.3. The highest BCUT2D eigenvalue weighted by Crippen LogP contribution is 2.26. The summed E-state index contributed by atoms with van der Waals surface area (Å²) in [5.41, 5.74) is 2.67. The maximum absolute atomic E-state index is 11.6. The van der Waals surface area contributed by atoms with Crippen molar-refractivity contribution in [2.45, 2.75) is 13.8 Å². The first-order valence-corrected chi connectivity index (χ1v) is 5.96. The number of urea groups is 1. The Morgan fingerprint density at radius 3 is 2.50 bits per heavy atom. The summed E-state index contributed by atoms with van der Waals surface area (Å²) in [6.07, 6.45) is 0. The van der Waals surface area contributed by atoms with Gasteiger partial charge in [0.15, 0.2) is 0 Å². The van der Waals surface area contributed by atoms with Crippen LogP contribution in [-0.4, -0.2) is 18.5 Å². The van der Waals surface area contributed by atoms with Crippen molar-refractivity contribution in [1.29, 1.82) is 0 Å². The smallest absolute Gasteiger partial charge is 0.328 e. The quantitative estimate of drug-likeness (QED) is 0.632. The number of benzene rings is 1. The number of hydrogen-bond donors (Lipinski definition) is 1. The normalized spacial score (nSPS) is 15.6. The summed E-state index contributed by atoms with van der Waals surface area (Å²) in [6.45, 7) is 3.95. The number of anilines is 1. The number of aryl methyl sites for hydroxylation is 2. The van der Waals surface area contributed by atoms with Crippen LogP contribution >= 0.6 is 22.6 Å². The molecule has 1 aliphatic heterocycles. The molecule has 4 nitrogen and oxygen atoms in total. The van der Waals surface area contributed by atoms with Crippen molar-refractivity contribution in [2.24, 2.45) is 0 Å². The fraction of sp³-hybridized carbons (Fsp3) is 0.273. The molecule has 1 aromatic rings. The molecule has 1 aliphatic rings. The zero-order valence-corrected chi connectivity index (χ0v) is 11.2. The van der Waals surface area contributed by atoms with E-state index in [1.165, 1.54) is 4.90 Å². The molecule has 3 amide bonds. The van der Waals surface area contributed by atoms with E-state index in [2.05, 4.69) is 27.9 Å². The summed E-state index contributed by atoms with van der Waals surface area (Å²) in [5.74, 6) is -0.200. The highest BCUT2D eigenvalue weighted by Gasteiger charge is 2.31. The molecule has 0 spiro atoms. The Hall–Kier alpha value is -1.11. The fourth-order valence-electron chi connectivity index (χ4n) is 1.67. The van der Waals surface area contributed by atoms with Crippen LogP contribution in [0.5, 0.6) is 0 Å². The predicted octanol–water partition coefficient (Wildman–Crippen LogP) is 1.96. The Morgan fingerprint density at radius 2 is 1.94 bits per heavy atom. The molecule has 84 valence electrons. The average Bonchev–Trinajstić information content (AvgIpc) is 2.53. The van der Waals surface area contributed by atoms with E-state index in [0.29, 0.717) is 5.69 Å². The van der Waals surface area contributed by atoms with Gasteiger partial charge in [-0.15, -0.1) is 0 Å². The average molecular weight is 330 g/mol. The molecule has 1 saturated heterocycles. The van der Waals surface area contributed by atoms with Gasteiger partial charge in [-0.1, -0.05) is 0 Å². The summed E-state index contributed by atoms with van der Waals surface area (Å²) in [6, 6.07) is 3.51. The Bertz CT molecular complexity index is 469. The van der Waals surface area contributed by atoms with Gasteiger partial charge in [0.2, 0.25) is 0 Å². The van der Waals surface area contributed by atoms with Crippen LogP contribution in [0.2, 0.25) is 0 Å². The van der Waals surface area contributed by atoms with Crippen LogP contribution in [-0.2, 0) is 4.79 Å². The van der Waals surface area contributed by atoms with E-state index in [-0.39, 0.29) is 18.5 Å². The van der Waals surface area contributed by atoms with Crippen LogP contribution in [0.3, 0.4) is 0 Å². The topological polar surface area (TPSA) is 49.4 Å². The lowest BCUT2D eigenvalue weighted by Crippen LogP contribution is -2.31. The first kappa shape index (κ1) is 11.4. The van der Waals surface area contributed by atoms with Crippen LogP contribution in [0.15, 0.2) is 12.1 Å².